The van der Waals surface area contributed by atoms with Gasteiger partial charge >= 0.3 is 0 Å². The van der Waals surface area contributed by atoms with Gasteiger partial charge in [0.1, 0.15) is 0 Å². The van der Waals surface area contributed by atoms with Crippen LogP contribution in [0.3, 0.4) is 0 Å². The van der Waals surface area contributed by atoms with E-state index in [-0.39, 0.29) is 11.8 Å². The van der Waals surface area contributed by atoms with E-state index < -0.39 is 5.60 Å². The number of fused-ring (bicyclic) bond motifs is 1. The SMILES string of the molecule is O=C(c1cncc(Br)c1)N1CCC2(O)CCCCC2C1. The summed E-state index contributed by atoms with van der Waals surface area (Å²) in [5, 5.41) is 10.6. The molecular weight excluding hydrogens is 320 g/mol. The number of rotatable bonds is 1. The van der Waals surface area contributed by atoms with Crippen LogP contribution in [0.2, 0.25) is 0 Å². The van der Waals surface area contributed by atoms with Crippen molar-refractivity contribution in [1.29, 1.82) is 0 Å². The van der Waals surface area contributed by atoms with Gasteiger partial charge in [0.05, 0.1) is 11.2 Å². The van der Waals surface area contributed by atoms with Crippen LogP contribution in [0.1, 0.15) is 42.5 Å². The van der Waals surface area contributed by atoms with Gasteiger partial charge in [-0.1, -0.05) is 12.8 Å². The smallest absolute Gasteiger partial charge is 0.255 e. The Balaban J connectivity index is 1.74. The number of aromatic nitrogens is 1. The van der Waals surface area contributed by atoms with Crippen LogP contribution in [0.15, 0.2) is 22.9 Å². The van der Waals surface area contributed by atoms with Crippen molar-refractivity contribution in [2.45, 2.75) is 37.7 Å². The lowest BCUT2D eigenvalue weighted by Crippen LogP contribution is -2.54. The Kier molecular flexibility index (Phi) is 3.82. The summed E-state index contributed by atoms with van der Waals surface area (Å²) in [6.45, 7) is 1.31. The van der Waals surface area contributed by atoms with Gasteiger partial charge in [-0.15, -0.1) is 0 Å². The van der Waals surface area contributed by atoms with Gasteiger partial charge in [-0.25, -0.2) is 0 Å². The molecule has 0 bridgehead atoms. The highest BCUT2D eigenvalue weighted by atomic mass is 79.9. The molecule has 1 aliphatic heterocycles. The molecule has 1 aromatic heterocycles. The second-order valence-corrected chi connectivity index (χ2v) is 6.85. The molecular formula is C15H19BrN2O2. The van der Waals surface area contributed by atoms with Crippen molar-refractivity contribution >= 4 is 21.8 Å². The predicted octanol–water partition coefficient (Wildman–Crippen LogP) is 2.61. The van der Waals surface area contributed by atoms with Crippen molar-refractivity contribution in [3.63, 3.8) is 0 Å². The minimum absolute atomic E-state index is 0.0198. The molecule has 1 amide bonds. The molecule has 20 heavy (non-hydrogen) atoms. The lowest BCUT2D eigenvalue weighted by Gasteiger charge is -2.47. The molecule has 1 aromatic rings. The summed E-state index contributed by atoms with van der Waals surface area (Å²) >= 11 is 3.35. The van der Waals surface area contributed by atoms with Gasteiger partial charge < -0.3 is 10.0 Å². The number of hydrogen-bond donors (Lipinski definition) is 1. The Labute approximate surface area is 127 Å². The van der Waals surface area contributed by atoms with Crippen molar-refractivity contribution in [2.75, 3.05) is 13.1 Å². The summed E-state index contributed by atoms with van der Waals surface area (Å²) in [5.41, 5.74) is 0.0745. The van der Waals surface area contributed by atoms with Crippen LogP contribution in [0.25, 0.3) is 0 Å². The molecule has 4 nitrogen and oxygen atoms in total. The number of carbonyl (C=O) groups excluding carboxylic acids is 1. The first-order chi connectivity index (χ1) is 9.58. The number of likely N-dealkylation sites (tertiary alicyclic amines) is 1. The van der Waals surface area contributed by atoms with Gasteiger partial charge in [0, 0.05) is 35.9 Å². The summed E-state index contributed by atoms with van der Waals surface area (Å²) in [4.78, 5) is 18.4. The summed E-state index contributed by atoms with van der Waals surface area (Å²) in [6, 6.07) is 1.80. The van der Waals surface area contributed by atoms with Crippen LogP contribution in [0.4, 0.5) is 0 Å². The molecule has 1 aliphatic carbocycles. The number of aliphatic hydroxyl groups is 1. The summed E-state index contributed by atoms with van der Waals surface area (Å²) in [5.74, 6) is 0.250. The maximum atomic E-state index is 12.5. The number of hydrogen-bond acceptors (Lipinski definition) is 3. The largest absolute Gasteiger partial charge is 0.389 e. The van der Waals surface area contributed by atoms with Crippen LogP contribution in [0.5, 0.6) is 0 Å². The van der Waals surface area contributed by atoms with Crippen molar-refractivity contribution in [3.8, 4) is 0 Å². The summed E-state index contributed by atoms with van der Waals surface area (Å²) in [7, 11) is 0. The fourth-order valence-corrected chi connectivity index (χ4v) is 3.83. The minimum Gasteiger partial charge on any atom is -0.389 e. The van der Waals surface area contributed by atoms with Crippen LogP contribution in [-0.2, 0) is 0 Å². The van der Waals surface area contributed by atoms with E-state index >= 15 is 0 Å². The molecule has 5 heteroatoms. The summed E-state index contributed by atoms with van der Waals surface area (Å²) in [6.07, 6.45) is 8.16. The van der Waals surface area contributed by atoms with E-state index in [1.165, 1.54) is 0 Å². The van der Waals surface area contributed by atoms with Gasteiger partial charge in [-0.05, 0) is 41.3 Å². The second kappa shape index (κ2) is 5.45. The first-order valence-corrected chi connectivity index (χ1v) is 8.00. The maximum absolute atomic E-state index is 12.5. The number of piperidine rings is 1. The summed E-state index contributed by atoms with van der Waals surface area (Å²) < 4.78 is 0.814. The number of pyridine rings is 1. The van der Waals surface area contributed by atoms with Crippen molar-refractivity contribution in [2.24, 2.45) is 5.92 Å². The Hall–Kier alpha value is -0.940. The third kappa shape index (κ3) is 2.61. The fourth-order valence-electron chi connectivity index (χ4n) is 3.47. The molecule has 0 radical (unpaired) electrons. The maximum Gasteiger partial charge on any atom is 0.255 e. The molecule has 1 saturated carbocycles. The molecule has 108 valence electrons. The number of amides is 1. The Morgan fingerprint density at radius 2 is 2.25 bits per heavy atom. The van der Waals surface area contributed by atoms with E-state index in [0.717, 1.165) is 30.2 Å². The minimum atomic E-state index is -0.537. The molecule has 0 spiro atoms. The third-order valence-electron chi connectivity index (χ3n) is 4.67. The Bertz CT molecular complexity index is 522. The van der Waals surface area contributed by atoms with E-state index in [0.29, 0.717) is 25.1 Å². The average Bonchev–Trinajstić information content (AvgIpc) is 2.45. The highest BCUT2D eigenvalue weighted by Crippen LogP contribution is 2.40. The fraction of sp³-hybridized carbons (Fsp3) is 0.600. The molecule has 3 rings (SSSR count). The average molecular weight is 339 g/mol. The number of carbonyl (C=O) groups is 1. The third-order valence-corrected chi connectivity index (χ3v) is 5.10. The standard InChI is InChI=1S/C15H19BrN2O2/c16-13-7-11(8-17-9-13)14(19)18-6-5-15(20)4-2-1-3-12(15)10-18/h7-9,12,20H,1-6,10H2. The zero-order chi connectivity index (χ0) is 14.2. The van der Waals surface area contributed by atoms with E-state index in [2.05, 4.69) is 20.9 Å². The topological polar surface area (TPSA) is 53.4 Å². The lowest BCUT2D eigenvalue weighted by molar-refractivity contribution is -0.0886. The number of halogens is 1. The van der Waals surface area contributed by atoms with Crippen LogP contribution in [0, 0.1) is 5.92 Å². The van der Waals surface area contributed by atoms with Gasteiger partial charge in [0.15, 0.2) is 0 Å². The van der Waals surface area contributed by atoms with Crippen LogP contribution < -0.4 is 0 Å². The highest BCUT2D eigenvalue weighted by molar-refractivity contribution is 9.10. The van der Waals surface area contributed by atoms with Crippen molar-refractivity contribution in [1.82, 2.24) is 9.88 Å². The zero-order valence-corrected chi connectivity index (χ0v) is 13.0. The van der Waals surface area contributed by atoms with Gasteiger partial charge in [0.25, 0.3) is 5.91 Å². The van der Waals surface area contributed by atoms with Gasteiger partial charge in [-0.2, -0.15) is 0 Å². The molecule has 2 aliphatic rings. The highest BCUT2D eigenvalue weighted by Gasteiger charge is 2.43. The van der Waals surface area contributed by atoms with E-state index in [9.17, 15) is 9.90 Å². The number of nitrogens with zero attached hydrogens (tertiary/aromatic N) is 2. The molecule has 2 unspecified atom stereocenters. The van der Waals surface area contributed by atoms with E-state index in [1.807, 2.05) is 4.90 Å². The Morgan fingerprint density at radius 3 is 3.05 bits per heavy atom. The van der Waals surface area contributed by atoms with Crippen LogP contribution in [-0.4, -0.2) is 39.6 Å². The molecule has 2 fully saturated rings. The molecule has 2 heterocycles. The lowest BCUT2D eigenvalue weighted by atomic mass is 9.71. The predicted molar refractivity (Wildman–Crippen MR) is 79.4 cm³/mol. The molecule has 1 saturated heterocycles. The first kappa shape index (κ1) is 14.0. The molecule has 0 aromatic carbocycles. The zero-order valence-electron chi connectivity index (χ0n) is 11.4. The molecule has 1 N–H and O–H groups in total. The second-order valence-electron chi connectivity index (χ2n) is 5.94. The monoisotopic (exact) mass is 338 g/mol. The van der Waals surface area contributed by atoms with Crippen LogP contribution >= 0.6 is 15.9 Å². The van der Waals surface area contributed by atoms with E-state index in [4.69, 9.17) is 0 Å². The normalized spacial score (nSPS) is 29.9. The molecule has 2 atom stereocenters. The Morgan fingerprint density at radius 1 is 1.40 bits per heavy atom. The van der Waals surface area contributed by atoms with Crippen molar-refractivity contribution in [3.05, 3.63) is 28.5 Å². The first-order valence-electron chi connectivity index (χ1n) is 7.21. The quantitative estimate of drug-likeness (QED) is 0.856. The van der Waals surface area contributed by atoms with E-state index in [1.54, 1.807) is 18.5 Å². The van der Waals surface area contributed by atoms with Crippen molar-refractivity contribution < 1.29 is 9.90 Å². The van der Waals surface area contributed by atoms with Gasteiger partial charge in [-0.3, -0.25) is 9.78 Å². The van der Waals surface area contributed by atoms with Gasteiger partial charge in [0.2, 0.25) is 0 Å².